The van der Waals surface area contributed by atoms with Gasteiger partial charge in [-0.1, -0.05) is 0 Å². The Hall–Kier alpha value is -3.08. The van der Waals surface area contributed by atoms with Gasteiger partial charge in [-0.15, -0.1) is 0 Å². The first kappa shape index (κ1) is 20.6. The summed E-state index contributed by atoms with van der Waals surface area (Å²) in [5, 5.41) is 0. The summed E-state index contributed by atoms with van der Waals surface area (Å²) in [6.45, 7) is 0. The van der Waals surface area contributed by atoms with Crippen molar-refractivity contribution in [2.45, 2.75) is 23.9 Å². The number of carbonyl (C=O) groups is 2. The molecule has 1 fully saturated rings. The minimum absolute atomic E-state index is 0.00275. The Bertz CT molecular complexity index is 1050. The number of hydrogen-bond acceptors (Lipinski definition) is 5. The molecule has 1 N–H and O–H groups in total. The van der Waals surface area contributed by atoms with E-state index >= 15 is 0 Å². The van der Waals surface area contributed by atoms with Gasteiger partial charge in [0.15, 0.2) is 0 Å². The zero-order valence-corrected chi connectivity index (χ0v) is 15.8. The summed E-state index contributed by atoms with van der Waals surface area (Å²) in [6, 6.07) is 7.05. The van der Waals surface area contributed by atoms with E-state index < -0.39 is 33.6 Å². The summed E-state index contributed by atoms with van der Waals surface area (Å²) >= 11 is 0. The van der Waals surface area contributed by atoms with Crippen LogP contribution in [0, 0.1) is 0 Å². The van der Waals surface area contributed by atoms with Crippen LogP contribution in [0.3, 0.4) is 0 Å². The fraction of sp³-hybridized carbons (Fsp3) is 0.222. The number of hydrogen-bond donors (Lipinski definition) is 1. The van der Waals surface area contributed by atoms with E-state index in [9.17, 15) is 31.2 Å². The Balaban J connectivity index is 1.94. The lowest BCUT2D eigenvalue weighted by atomic mass is 10.2. The minimum atomic E-state index is -4.54. The normalized spacial score (nSPS) is 15.0. The van der Waals surface area contributed by atoms with Crippen LogP contribution in [-0.4, -0.2) is 27.3 Å². The molecule has 29 heavy (non-hydrogen) atoms. The van der Waals surface area contributed by atoms with Gasteiger partial charge in [-0.2, -0.15) is 13.2 Å². The molecule has 1 saturated heterocycles. The quantitative estimate of drug-likeness (QED) is 0.739. The number of anilines is 2. The van der Waals surface area contributed by atoms with Crippen molar-refractivity contribution in [3.05, 3.63) is 48.0 Å². The molecule has 0 unspecified atom stereocenters. The molecule has 11 heteroatoms. The number of nitrogens with zero attached hydrogens (tertiary/aromatic N) is 1. The van der Waals surface area contributed by atoms with Crippen LogP contribution in [0.1, 0.15) is 18.4 Å². The fourth-order valence-electron chi connectivity index (χ4n) is 2.80. The number of nitrogens with one attached hydrogen (secondary N) is 1. The smallest absolute Gasteiger partial charge is 0.416 e. The van der Waals surface area contributed by atoms with E-state index in [1.54, 1.807) is 0 Å². The van der Waals surface area contributed by atoms with Gasteiger partial charge in [0, 0.05) is 18.5 Å². The van der Waals surface area contributed by atoms with Crippen LogP contribution in [0.2, 0.25) is 0 Å². The van der Waals surface area contributed by atoms with Crippen molar-refractivity contribution in [1.29, 1.82) is 0 Å². The van der Waals surface area contributed by atoms with Crippen LogP contribution in [-0.2, 0) is 25.8 Å². The number of benzene rings is 2. The van der Waals surface area contributed by atoms with Gasteiger partial charge in [0.1, 0.15) is 5.75 Å². The number of amides is 2. The first-order chi connectivity index (χ1) is 13.5. The highest BCUT2D eigenvalue weighted by Gasteiger charge is 2.33. The summed E-state index contributed by atoms with van der Waals surface area (Å²) in [7, 11) is -2.91. The van der Waals surface area contributed by atoms with E-state index in [1.165, 1.54) is 19.2 Å². The van der Waals surface area contributed by atoms with E-state index in [4.69, 9.17) is 4.74 Å². The Labute approximate surface area is 164 Å². The zero-order valence-electron chi connectivity index (χ0n) is 15.0. The number of rotatable bonds is 5. The molecule has 2 aromatic carbocycles. The van der Waals surface area contributed by atoms with Crippen LogP contribution in [0.4, 0.5) is 24.5 Å². The highest BCUT2D eigenvalue weighted by molar-refractivity contribution is 7.92. The lowest BCUT2D eigenvalue weighted by Gasteiger charge is -2.18. The molecule has 0 radical (unpaired) electrons. The molecule has 154 valence electrons. The predicted octanol–water partition coefficient (Wildman–Crippen LogP) is 3.17. The van der Waals surface area contributed by atoms with E-state index in [0.29, 0.717) is 0 Å². The van der Waals surface area contributed by atoms with Gasteiger partial charge < -0.3 is 4.74 Å². The van der Waals surface area contributed by atoms with Gasteiger partial charge in [-0.25, -0.2) is 13.3 Å². The molecule has 0 aromatic heterocycles. The van der Waals surface area contributed by atoms with Crippen molar-refractivity contribution in [1.82, 2.24) is 0 Å². The number of imide groups is 1. The van der Waals surface area contributed by atoms with Gasteiger partial charge in [0.05, 0.1) is 23.3 Å². The summed E-state index contributed by atoms with van der Waals surface area (Å²) in [4.78, 5) is 24.6. The van der Waals surface area contributed by atoms with Crippen molar-refractivity contribution in [3.8, 4) is 5.75 Å². The first-order valence-electron chi connectivity index (χ1n) is 8.27. The molecule has 7 nitrogen and oxygen atoms in total. The van der Waals surface area contributed by atoms with Gasteiger partial charge >= 0.3 is 6.18 Å². The predicted molar refractivity (Wildman–Crippen MR) is 97.0 cm³/mol. The highest BCUT2D eigenvalue weighted by Crippen LogP contribution is 2.35. The second-order valence-electron chi connectivity index (χ2n) is 6.14. The van der Waals surface area contributed by atoms with Crippen LogP contribution >= 0.6 is 0 Å². The van der Waals surface area contributed by atoms with Gasteiger partial charge in [0.25, 0.3) is 10.0 Å². The number of sulfonamides is 1. The number of ether oxygens (including phenoxy) is 1. The Morgan fingerprint density at radius 3 is 2.10 bits per heavy atom. The lowest BCUT2D eigenvalue weighted by molar-refractivity contribution is -0.137. The maximum Gasteiger partial charge on any atom is 0.416 e. The topological polar surface area (TPSA) is 92.8 Å². The lowest BCUT2D eigenvalue weighted by Crippen LogP contribution is -2.29. The van der Waals surface area contributed by atoms with E-state index in [1.807, 2.05) is 0 Å². The number of halogens is 3. The number of alkyl halides is 3. The van der Waals surface area contributed by atoms with Crippen LogP contribution in [0.25, 0.3) is 0 Å². The van der Waals surface area contributed by atoms with E-state index in [-0.39, 0.29) is 34.9 Å². The molecule has 0 saturated carbocycles. The number of carbonyl (C=O) groups excluding carboxylic acids is 2. The second-order valence-corrected chi connectivity index (χ2v) is 7.82. The van der Waals surface area contributed by atoms with E-state index in [2.05, 4.69) is 4.72 Å². The monoisotopic (exact) mass is 428 g/mol. The molecule has 1 heterocycles. The van der Waals surface area contributed by atoms with Crippen LogP contribution in [0.5, 0.6) is 5.75 Å². The van der Waals surface area contributed by atoms with Crippen LogP contribution < -0.4 is 14.4 Å². The largest absolute Gasteiger partial charge is 0.495 e. The maximum absolute atomic E-state index is 12.7. The van der Waals surface area contributed by atoms with Crippen molar-refractivity contribution < 1.29 is 35.9 Å². The molecule has 1 aliphatic rings. The third-order valence-electron chi connectivity index (χ3n) is 4.22. The molecule has 3 rings (SSSR count). The van der Waals surface area contributed by atoms with Gasteiger partial charge in [0.2, 0.25) is 11.8 Å². The van der Waals surface area contributed by atoms with Crippen molar-refractivity contribution in [2.75, 3.05) is 16.7 Å². The van der Waals surface area contributed by atoms with Crippen molar-refractivity contribution in [2.24, 2.45) is 0 Å². The third-order valence-corrected chi connectivity index (χ3v) is 5.60. The highest BCUT2D eigenvalue weighted by atomic mass is 32.2. The van der Waals surface area contributed by atoms with Crippen molar-refractivity contribution >= 4 is 33.2 Å². The Kier molecular flexibility index (Phi) is 5.26. The molecule has 2 amide bonds. The molecule has 0 spiro atoms. The standard InChI is InChI=1S/C18H15F3N2O5S/c1-28-15-7-6-13(10-14(15)23-16(24)8-9-17(23)25)29(26,27)22-12-4-2-11(3-5-12)18(19,20)21/h2-7,10,22H,8-9H2,1H3. The van der Waals surface area contributed by atoms with Gasteiger partial charge in [-0.3, -0.25) is 14.3 Å². The molecule has 2 aromatic rings. The second kappa shape index (κ2) is 7.39. The third kappa shape index (κ3) is 4.19. The molecular formula is C18H15F3N2O5S. The molecular weight excluding hydrogens is 413 g/mol. The zero-order chi connectivity index (χ0) is 21.4. The summed E-state index contributed by atoms with van der Waals surface area (Å²) in [5.41, 5.74) is -1.02. The van der Waals surface area contributed by atoms with Gasteiger partial charge in [-0.05, 0) is 42.5 Å². The SMILES string of the molecule is COc1ccc(S(=O)(=O)Nc2ccc(C(F)(F)F)cc2)cc1N1C(=O)CCC1=O. The number of methoxy groups -OCH3 is 1. The maximum atomic E-state index is 12.7. The first-order valence-corrected chi connectivity index (χ1v) is 9.75. The summed E-state index contributed by atoms with van der Waals surface area (Å²) in [6.07, 6.45) is -4.54. The van der Waals surface area contributed by atoms with Crippen LogP contribution in [0.15, 0.2) is 47.4 Å². The minimum Gasteiger partial charge on any atom is -0.495 e. The molecule has 0 atom stereocenters. The van der Waals surface area contributed by atoms with E-state index in [0.717, 1.165) is 35.2 Å². The summed E-state index contributed by atoms with van der Waals surface area (Å²) in [5.74, 6) is -0.848. The van der Waals surface area contributed by atoms with Crippen molar-refractivity contribution in [3.63, 3.8) is 0 Å². The Morgan fingerprint density at radius 2 is 1.59 bits per heavy atom. The molecule has 1 aliphatic heterocycles. The average molecular weight is 428 g/mol. The Morgan fingerprint density at radius 1 is 1.00 bits per heavy atom. The summed E-state index contributed by atoms with van der Waals surface area (Å²) < 4.78 is 70.5. The average Bonchev–Trinajstić information content (AvgIpc) is 2.98. The molecule has 0 aliphatic carbocycles. The fourth-order valence-corrected chi connectivity index (χ4v) is 3.88. The molecule has 0 bridgehead atoms.